The van der Waals surface area contributed by atoms with Gasteiger partial charge in [-0.15, -0.1) is 0 Å². The highest BCUT2D eigenvalue weighted by Crippen LogP contribution is 2.50. The van der Waals surface area contributed by atoms with Crippen molar-refractivity contribution in [1.29, 1.82) is 0 Å². The molecule has 0 atom stereocenters. The molecule has 1 aliphatic rings. The highest BCUT2D eigenvalue weighted by molar-refractivity contribution is 6.21. The molecule has 0 N–H and O–H groups in total. The fourth-order valence-electron chi connectivity index (χ4n) is 7.25. The molecule has 0 radical (unpaired) electrons. The molecule has 0 aliphatic heterocycles. The molecule has 0 fully saturated rings. The molecule has 194 valence electrons. The molecule has 0 saturated heterocycles. The van der Waals surface area contributed by atoms with Gasteiger partial charge in [0.1, 0.15) is 22.3 Å². The molecule has 2 nitrogen and oxygen atoms in total. The van der Waals surface area contributed by atoms with E-state index in [0.717, 1.165) is 60.6 Å². The first-order valence-corrected chi connectivity index (χ1v) is 14.4. The molecule has 0 spiro atoms. The monoisotopic (exact) mass is 534 g/mol. The first kappa shape index (κ1) is 22.1. The van der Waals surface area contributed by atoms with Crippen LogP contribution in [-0.4, -0.2) is 0 Å². The lowest BCUT2D eigenvalue weighted by atomic mass is 9.93. The van der Waals surface area contributed by atoms with Crippen molar-refractivity contribution in [1.82, 2.24) is 0 Å². The van der Waals surface area contributed by atoms with Gasteiger partial charge < -0.3 is 8.83 Å². The van der Waals surface area contributed by atoms with Gasteiger partial charge in [0.15, 0.2) is 0 Å². The Bertz CT molecular complexity index is 2550. The minimum absolute atomic E-state index is 0.881. The van der Waals surface area contributed by atoms with Gasteiger partial charge in [-0.2, -0.15) is 0 Å². The molecule has 7 aromatic carbocycles. The Hall–Kier alpha value is -5.60. The minimum Gasteiger partial charge on any atom is -0.455 e. The maximum absolute atomic E-state index is 6.89. The first-order chi connectivity index (χ1) is 20.8. The molecular formula is C40H22O2. The van der Waals surface area contributed by atoms with Crippen molar-refractivity contribution in [2.45, 2.75) is 0 Å². The molecule has 0 saturated carbocycles. The maximum Gasteiger partial charge on any atom is 0.143 e. The second kappa shape index (κ2) is 7.99. The number of para-hydroxylation sites is 4. The molecular weight excluding hydrogens is 512 g/mol. The number of benzene rings is 7. The third-order valence-electron chi connectivity index (χ3n) is 9.06. The average molecular weight is 535 g/mol. The zero-order valence-corrected chi connectivity index (χ0v) is 22.5. The van der Waals surface area contributed by atoms with Crippen molar-refractivity contribution >= 4 is 54.6 Å². The van der Waals surface area contributed by atoms with Crippen molar-refractivity contribution in [3.05, 3.63) is 133 Å². The number of rotatable bonds is 2. The minimum atomic E-state index is 0.881. The fourth-order valence-corrected chi connectivity index (χ4v) is 7.25. The van der Waals surface area contributed by atoms with Crippen LogP contribution in [-0.2, 0) is 0 Å². The Balaban J connectivity index is 1.25. The molecule has 0 unspecified atom stereocenters. The van der Waals surface area contributed by atoms with E-state index >= 15 is 0 Å². The van der Waals surface area contributed by atoms with Gasteiger partial charge in [-0.25, -0.2) is 0 Å². The van der Waals surface area contributed by atoms with Crippen LogP contribution in [0.25, 0.3) is 99.2 Å². The Morgan fingerprint density at radius 2 is 0.690 bits per heavy atom. The summed E-state index contributed by atoms with van der Waals surface area (Å²) in [4.78, 5) is 0. The SMILES string of the molecule is c1ccc2c(c1)-c1cccc3c(-c4cccc5c4oc4c(-c6cccc7c6oc6ccccc67)cccc45)ccc-2c13. The summed E-state index contributed by atoms with van der Waals surface area (Å²) in [6, 6.07) is 47.5. The summed E-state index contributed by atoms with van der Waals surface area (Å²) in [5.41, 5.74) is 13.2. The van der Waals surface area contributed by atoms with E-state index in [1.54, 1.807) is 0 Å². The molecule has 10 rings (SSSR count). The van der Waals surface area contributed by atoms with Gasteiger partial charge in [-0.3, -0.25) is 0 Å². The summed E-state index contributed by atoms with van der Waals surface area (Å²) in [6.45, 7) is 0. The van der Waals surface area contributed by atoms with E-state index < -0.39 is 0 Å². The van der Waals surface area contributed by atoms with Crippen LogP contribution >= 0.6 is 0 Å². The predicted octanol–water partition coefficient (Wildman–Crippen LogP) is 11.6. The van der Waals surface area contributed by atoms with Crippen LogP contribution in [0.4, 0.5) is 0 Å². The summed E-state index contributed by atoms with van der Waals surface area (Å²) < 4.78 is 13.3. The van der Waals surface area contributed by atoms with E-state index in [1.807, 2.05) is 12.1 Å². The van der Waals surface area contributed by atoms with Gasteiger partial charge in [0.05, 0.1) is 0 Å². The molecule has 42 heavy (non-hydrogen) atoms. The third-order valence-corrected chi connectivity index (χ3v) is 9.06. The van der Waals surface area contributed by atoms with E-state index in [-0.39, 0.29) is 0 Å². The van der Waals surface area contributed by atoms with Crippen molar-refractivity contribution in [2.75, 3.05) is 0 Å². The van der Waals surface area contributed by atoms with Gasteiger partial charge >= 0.3 is 0 Å². The van der Waals surface area contributed by atoms with Gasteiger partial charge in [-0.05, 0) is 44.7 Å². The average Bonchev–Trinajstić information content (AvgIpc) is 3.72. The molecule has 1 aliphatic carbocycles. The highest BCUT2D eigenvalue weighted by Gasteiger charge is 2.24. The lowest BCUT2D eigenvalue weighted by molar-refractivity contribution is 0.665. The summed E-state index contributed by atoms with van der Waals surface area (Å²) in [6.07, 6.45) is 0. The quantitative estimate of drug-likeness (QED) is 0.220. The zero-order valence-electron chi connectivity index (χ0n) is 22.5. The van der Waals surface area contributed by atoms with Crippen LogP contribution in [0.3, 0.4) is 0 Å². The summed E-state index contributed by atoms with van der Waals surface area (Å²) >= 11 is 0. The van der Waals surface area contributed by atoms with Crippen molar-refractivity contribution in [3.8, 4) is 44.5 Å². The van der Waals surface area contributed by atoms with E-state index in [9.17, 15) is 0 Å². The maximum atomic E-state index is 6.89. The number of fused-ring (bicyclic) bond motifs is 9. The summed E-state index contributed by atoms with van der Waals surface area (Å²) in [5, 5.41) is 7.04. The van der Waals surface area contributed by atoms with Gasteiger partial charge in [0.2, 0.25) is 0 Å². The van der Waals surface area contributed by atoms with Crippen molar-refractivity contribution in [2.24, 2.45) is 0 Å². The second-order valence-corrected chi connectivity index (χ2v) is 11.2. The van der Waals surface area contributed by atoms with Crippen LogP contribution in [0.5, 0.6) is 0 Å². The largest absolute Gasteiger partial charge is 0.455 e. The zero-order chi connectivity index (χ0) is 27.4. The van der Waals surface area contributed by atoms with Crippen LogP contribution in [0.2, 0.25) is 0 Å². The standard InChI is InChI=1S/C40H22O2/c1-2-10-24-23(9-1)27-12-5-13-28-25(21-22-29(24)37(27)28)30-14-6-17-34-35-19-8-18-33(40(35)42-39(30)34)32-16-7-15-31-26-11-3-4-20-36(26)41-38(31)32/h1-22H. The lowest BCUT2D eigenvalue weighted by Crippen LogP contribution is -1.84. The Morgan fingerprint density at radius 1 is 0.262 bits per heavy atom. The number of furan rings is 2. The van der Waals surface area contributed by atoms with Gasteiger partial charge in [-0.1, -0.05) is 127 Å². The Kier molecular flexibility index (Phi) is 4.21. The van der Waals surface area contributed by atoms with E-state index in [1.165, 1.54) is 38.6 Å². The van der Waals surface area contributed by atoms with E-state index in [4.69, 9.17) is 8.83 Å². The van der Waals surface area contributed by atoms with Crippen molar-refractivity contribution in [3.63, 3.8) is 0 Å². The molecule has 0 bridgehead atoms. The Morgan fingerprint density at radius 3 is 1.38 bits per heavy atom. The molecule has 2 heteroatoms. The topological polar surface area (TPSA) is 26.3 Å². The summed E-state index contributed by atoms with van der Waals surface area (Å²) in [5.74, 6) is 0. The van der Waals surface area contributed by atoms with Gasteiger partial charge in [0, 0.05) is 38.2 Å². The van der Waals surface area contributed by atoms with Crippen LogP contribution in [0.15, 0.2) is 142 Å². The normalized spacial score (nSPS) is 12.3. The molecule has 9 aromatic rings. The van der Waals surface area contributed by atoms with Crippen LogP contribution < -0.4 is 0 Å². The number of hydrogen-bond acceptors (Lipinski definition) is 2. The smallest absolute Gasteiger partial charge is 0.143 e. The van der Waals surface area contributed by atoms with E-state index in [2.05, 4.69) is 121 Å². The van der Waals surface area contributed by atoms with Crippen LogP contribution in [0.1, 0.15) is 0 Å². The molecule has 0 amide bonds. The first-order valence-electron chi connectivity index (χ1n) is 14.4. The molecule has 2 heterocycles. The fraction of sp³-hybridized carbons (Fsp3) is 0. The van der Waals surface area contributed by atoms with Gasteiger partial charge in [0.25, 0.3) is 0 Å². The lowest BCUT2D eigenvalue weighted by Gasteiger charge is -2.10. The molecule has 2 aromatic heterocycles. The van der Waals surface area contributed by atoms with E-state index in [0.29, 0.717) is 0 Å². The third kappa shape index (κ3) is 2.78. The summed E-state index contributed by atoms with van der Waals surface area (Å²) in [7, 11) is 0. The second-order valence-electron chi connectivity index (χ2n) is 11.2. The van der Waals surface area contributed by atoms with Crippen LogP contribution in [0, 0.1) is 0 Å². The predicted molar refractivity (Wildman–Crippen MR) is 174 cm³/mol. The number of hydrogen-bond donors (Lipinski definition) is 0. The Labute approximate surface area is 241 Å². The highest BCUT2D eigenvalue weighted by atomic mass is 16.3. The van der Waals surface area contributed by atoms with Crippen molar-refractivity contribution < 1.29 is 8.83 Å².